The molecule has 68 heavy (non-hydrogen) atoms. The molecule has 0 amide bonds. The molecular formula is C64H92BN2S. The fourth-order valence-electron chi connectivity index (χ4n) is 10.7. The minimum atomic E-state index is 0.0648. The molecule has 0 fully saturated rings. The standard InChI is InChI=1S/C64H92BN2S/c1-20-22-32-60(10,11)45(21-2)25-24-39-65-57-56(49-42-52-53(43-55(49)68-57)64(18,19)38-37-63(52,16)17)67(48-28-29-50-51(41-48)62(14,15)36-35-61(50,12)13)47-27-23-26-46(40-47)66-54(31-34-59(7,8)9)44(3)30-33-58(4,5)6/h21,23-24,26-31,39-43,45,66H,2,20,22,25,32-38H2,1,3-19H3/b39-24+,44-30-,54-31+. The molecule has 2 nitrogen and oxygen atoms in total. The number of benzene rings is 3. The van der Waals surface area contributed by atoms with Crippen LogP contribution in [0.15, 0.2) is 103 Å². The number of nitrogens with one attached hydrogen (secondary N) is 1. The number of allylic oxidation sites excluding steroid dienone is 5. The van der Waals surface area contributed by atoms with Crippen molar-refractivity contribution in [1.29, 1.82) is 0 Å². The maximum absolute atomic E-state index is 4.33. The van der Waals surface area contributed by atoms with Gasteiger partial charge in [-0.3, -0.25) is 0 Å². The summed E-state index contributed by atoms with van der Waals surface area (Å²) in [5.41, 5.74) is 14.2. The van der Waals surface area contributed by atoms with E-state index < -0.39 is 0 Å². The van der Waals surface area contributed by atoms with Crippen molar-refractivity contribution in [3.8, 4) is 0 Å². The van der Waals surface area contributed by atoms with Gasteiger partial charge in [0, 0.05) is 32.8 Å². The van der Waals surface area contributed by atoms with Crippen molar-refractivity contribution in [2.75, 3.05) is 10.2 Å². The Labute approximate surface area is 421 Å². The first-order chi connectivity index (χ1) is 31.5. The van der Waals surface area contributed by atoms with E-state index in [1.54, 1.807) is 0 Å². The average molecular weight is 932 g/mol. The fraction of sp³-hybridized carbons (Fsp3) is 0.562. The number of thiophene rings is 1. The van der Waals surface area contributed by atoms with Gasteiger partial charge in [-0.25, -0.2) is 0 Å². The molecule has 1 atom stereocenters. The molecule has 1 unspecified atom stereocenters. The Balaban J connectivity index is 1.60. The highest BCUT2D eigenvalue weighted by Gasteiger charge is 2.40. The number of anilines is 4. The van der Waals surface area contributed by atoms with Crippen LogP contribution in [0.1, 0.15) is 211 Å². The molecule has 1 radical (unpaired) electrons. The Morgan fingerprint density at radius 2 is 1.29 bits per heavy atom. The number of unbranched alkanes of at least 4 members (excludes halogenated alkanes) is 1. The van der Waals surface area contributed by atoms with E-state index in [1.165, 1.54) is 105 Å². The van der Waals surface area contributed by atoms with E-state index in [4.69, 9.17) is 0 Å². The van der Waals surface area contributed by atoms with E-state index in [0.717, 1.165) is 30.6 Å². The van der Waals surface area contributed by atoms with E-state index in [1.807, 2.05) is 11.3 Å². The zero-order chi connectivity index (χ0) is 50.3. The Bertz CT molecular complexity index is 2520. The number of hydrogen-bond acceptors (Lipinski definition) is 3. The number of hydrogen-bond donors (Lipinski definition) is 1. The van der Waals surface area contributed by atoms with Gasteiger partial charge in [0.05, 0.1) is 5.69 Å². The molecule has 0 bridgehead atoms. The van der Waals surface area contributed by atoms with Gasteiger partial charge >= 0.3 is 0 Å². The summed E-state index contributed by atoms with van der Waals surface area (Å²) < 4.78 is 2.65. The normalized spacial score (nSPS) is 18.6. The van der Waals surface area contributed by atoms with E-state index in [2.05, 4.69) is 234 Å². The van der Waals surface area contributed by atoms with Gasteiger partial charge in [0.1, 0.15) is 0 Å². The minimum Gasteiger partial charge on any atom is -0.356 e. The maximum Gasteiger partial charge on any atom is 0.197 e. The Hall–Kier alpha value is -3.76. The number of rotatable bonds is 17. The van der Waals surface area contributed by atoms with Crippen LogP contribution < -0.4 is 15.0 Å². The molecule has 1 N–H and O–H groups in total. The molecule has 6 rings (SSSR count). The molecule has 4 aromatic rings. The molecule has 2 aliphatic carbocycles. The predicted molar refractivity (Wildman–Crippen MR) is 307 cm³/mol. The molecule has 367 valence electrons. The van der Waals surface area contributed by atoms with Crippen LogP contribution >= 0.6 is 11.3 Å². The summed E-state index contributed by atoms with van der Waals surface area (Å²) in [5.74, 6) is 2.77. The van der Waals surface area contributed by atoms with Crippen molar-refractivity contribution in [2.45, 2.75) is 210 Å². The molecule has 1 aromatic heterocycles. The van der Waals surface area contributed by atoms with Crippen molar-refractivity contribution in [2.24, 2.45) is 22.2 Å². The van der Waals surface area contributed by atoms with Crippen LogP contribution in [0, 0.1) is 22.2 Å². The van der Waals surface area contributed by atoms with E-state index in [9.17, 15) is 0 Å². The summed E-state index contributed by atoms with van der Waals surface area (Å²) in [6, 6.07) is 21.9. The van der Waals surface area contributed by atoms with Crippen molar-refractivity contribution in [3.63, 3.8) is 0 Å². The third-order valence-electron chi connectivity index (χ3n) is 16.0. The molecule has 0 aliphatic heterocycles. The summed E-state index contributed by atoms with van der Waals surface area (Å²) in [6.07, 6.45) is 20.9. The van der Waals surface area contributed by atoms with E-state index >= 15 is 0 Å². The fourth-order valence-corrected chi connectivity index (χ4v) is 11.9. The lowest BCUT2D eigenvalue weighted by Gasteiger charge is -2.42. The van der Waals surface area contributed by atoms with Crippen LogP contribution in [-0.2, 0) is 21.7 Å². The van der Waals surface area contributed by atoms with Crippen LogP contribution in [-0.4, -0.2) is 7.28 Å². The molecule has 0 saturated heterocycles. The summed E-state index contributed by atoms with van der Waals surface area (Å²) in [7, 11) is 2.42. The first-order valence-electron chi connectivity index (χ1n) is 26.4. The van der Waals surface area contributed by atoms with Crippen LogP contribution in [0.2, 0.25) is 0 Å². The summed E-state index contributed by atoms with van der Waals surface area (Å²) in [5, 5.41) is 5.33. The summed E-state index contributed by atoms with van der Waals surface area (Å²) >= 11 is 1.96. The largest absolute Gasteiger partial charge is 0.356 e. The third-order valence-corrected chi connectivity index (χ3v) is 17.1. The molecule has 3 aromatic carbocycles. The highest BCUT2D eigenvalue weighted by molar-refractivity contribution is 7.28. The van der Waals surface area contributed by atoms with Crippen LogP contribution in [0.3, 0.4) is 0 Å². The van der Waals surface area contributed by atoms with Gasteiger partial charge in [-0.1, -0.05) is 167 Å². The summed E-state index contributed by atoms with van der Waals surface area (Å²) in [6.45, 7) is 47.4. The molecule has 4 heteroatoms. The SMILES string of the molecule is C=CC(C/C=C/[B]c1sc2cc3c(cc2c1N(c1cccc(NC(=C/CC(C)(C)C)/C(C)=C\CC(C)(C)C)c1)c1ccc2c(c1)C(C)(C)CCC2(C)C)C(C)(C)CCC3(C)C)C(C)(C)CCCC. The topological polar surface area (TPSA) is 15.3 Å². The van der Waals surface area contributed by atoms with Crippen LogP contribution in [0.4, 0.5) is 22.7 Å². The third kappa shape index (κ3) is 12.4. The average Bonchev–Trinajstić information content (AvgIpc) is 3.60. The molecule has 0 spiro atoms. The lowest BCUT2D eigenvalue weighted by Crippen LogP contribution is -2.34. The highest BCUT2D eigenvalue weighted by atomic mass is 32.1. The zero-order valence-electron chi connectivity index (χ0n) is 46.4. The van der Waals surface area contributed by atoms with Gasteiger partial charge in [-0.15, -0.1) is 23.9 Å². The van der Waals surface area contributed by atoms with E-state index in [0.29, 0.717) is 5.92 Å². The summed E-state index contributed by atoms with van der Waals surface area (Å²) in [4.78, 5) is 2.62. The van der Waals surface area contributed by atoms with Gasteiger partial charge in [-0.2, -0.15) is 0 Å². The second-order valence-corrected chi connectivity index (χ2v) is 27.9. The lowest BCUT2D eigenvalue weighted by atomic mass is 9.63. The van der Waals surface area contributed by atoms with Gasteiger partial charge in [0.2, 0.25) is 0 Å². The minimum absolute atomic E-state index is 0.0648. The molecule has 0 saturated carbocycles. The first-order valence-corrected chi connectivity index (χ1v) is 27.2. The van der Waals surface area contributed by atoms with Gasteiger partial charge in [-0.05, 0) is 177 Å². The van der Waals surface area contributed by atoms with Gasteiger partial charge in [0.15, 0.2) is 7.28 Å². The van der Waals surface area contributed by atoms with Crippen LogP contribution in [0.5, 0.6) is 0 Å². The monoisotopic (exact) mass is 932 g/mol. The molecular weight excluding hydrogens is 840 g/mol. The highest BCUT2D eigenvalue weighted by Crippen LogP contribution is 2.52. The second kappa shape index (κ2) is 20.2. The zero-order valence-corrected chi connectivity index (χ0v) is 47.2. The number of nitrogens with zero attached hydrogens (tertiary/aromatic N) is 1. The van der Waals surface area contributed by atoms with Crippen molar-refractivity contribution in [3.05, 3.63) is 125 Å². The maximum atomic E-state index is 4.33. The van der Waals surface area contributed by atoms with Crippen molar-refractivity contribution in [1.82, 2.24) is 0 Å². The van der Waals surface area contributed by atoms with Crippen LogP contribution in [0.25, 0.3) is 10.1 Å². The second-order valence-electron chi connectivity index (χ2n) is 26.8. The molecule has 1 heterocycles. The van der Waals surface area contributed by atoms with Crippen molar-refractivity contribution >= 4 is 56.2 Å². The van der Waals surface area contributed by atoms with E-state index in [-0.39, 0.29) is 37.9 Å². The molecule has 2 aliphatic rings. The Kier molecular flexibility index (Phi) is 15.9. The quantitative estimate of drug-likeness (QED) is 0.0645. The van der Waals surface area contributed by atoms with Gasteiger partial charge < -0.3 is 10.2 Å². The Morgan fingerprint density at radius 1 is 0.735 bits per heavy atom. The van der Waals surface area contributed by atoms with Crippen molar-refractivity contribution < 1.29 is 0 Å². The smallest absolute Gasteiger partial charge is 0.197 e. The predicted octanol–water partition coefficient (Wildman–Crippen LogP) is 19.4. The van der Waals surface area contributed by atoms with Gasteiger partial charge in [0.25, 0.3) is 0 Å². The number of fused-ring (bicyclic) bond motifs is 3. The Morgan fingerprint density at radius 3 is 1.88 bits per heavy atom. The lowest BCUT2D eigenvalue weighted by molar-refractivity contribution is 0.233. The first kappa shape index (κ1) is 53.6.